The fourth-order valence-electron chi connectivity index (χ4n) is 2.97. The Morgan fingerprint density at radius 3 is 2.71 bits per heavy atom. The Morgan fingerprint density at radius 1 is 1.11 bits per heavy atom. The molecule has 7 heteroatoms. The molecule has 142 valence electrons. The van der Waals surface area contributed by atoms with Crippen molar-refractivity contribution in [2.24, 2.45) is 0 Å². The molecule has 2 heterocycles. The van der Waals surface area contributed by atoms with Crippen molar-refractivity contribution in [2.75, 3.05) is 5.75 Å². The number of thioether (sulfide) groups is 1. The van der Waals surface area contributed by atoms with Gasteiger partial charge in [0.25, 0.3) is 11.1 Å². The van der Waals surface area contributed by atoms with E-state index in [4.69, 9.17) is 9.15 Å². The standard InChI is InChI=1S/C21H19N3O3S/c1-13-7-9-15(10-8-13)26-11-19-23-24-21(27-19)28-12-18(25)20-14(2)22-17-6-4-3-5-16(17)20/h3-10,22H,11-12H2,1-2H3. The lowest BCUT2D eigenvalue weighted by molar-refractivity contribution is 0.102. The van der Waals surface area contributed by atoms with Crippen molar-refractivity contribution in [1.82, 2.24) is 15.2 Å². The number of rotatable bonds is 7. The zero-order valence-corrected chi connectivity index (χ0v) is 16.4. The van der Waals surface area contributed by atoms with Crippen LogP contribution in [0.15, 0.2) is 58.2 Å². The number of carbonyl (C=O) groups excluding carboxylic acids is 1. The van der Waals surface area contributed by atoms with Crippen LogP contribution < -0.4 is 4.74 Å². The van der Waals surface area contributed by atoms with Gasteiger partial charge in [-0.2, -0.15) is 0 Å². The van der Waals surface area contributed by atoms with Crippen LogP contribution in [0.3, 0.4) is 0 Å². The van der Waals surface area contributed by atoms with Crippen molar-refractivity contribution in [3.05, 3.63) is 71.2 Å². The van der Waals surface area contributed by atoms with Gasteiger partial charge in [0.1, 0.15) is 5.75 Å². The van der Waals surface area contributed by atoms with E-state index < -0.39 is 0 Å². The van der Waals surface area contributed by atoms with Crippen molar-refractivity contribution in [3.8, 4) is 5.75 Å². The third-order valence-electron chi connectivity index (χ3n) is 4.33. The summed E-state index contributed by atoms with van der Waals surface area (Å²) in [6.45, 7) is 4.11. The van der Waals surface area contributed by atoms with E-state index in [1.807, 2.05) is 62.4 Å². The van der Waals surface area contributed by atoms with Crippen LogP contribution in [0.4, 0.5) is 0 Å². The molecule has 2 aromatic heterocycles. The van der Waals surface area contributed by atoms with Crippen molar-refractivity contribution in [1.29, 1.82) is 0 Å². The van der Waals surface area contributed by atoms with Crippen molar-refractivity contribution in [3.63, 3.8) is 0 Å². The van der Waals surface area contributed by atoms with Gasteiger partial charge in [-0.25, -0.2) is 0 Å². The fourth-order valence-corrected chi connectivity index (χ4v) is 3.62. The number of ether oxygens (including phenoxy) is 1. The van der Waals surface area contributed by atoms with Gasteiger partial charge in [-0.1, -0.05) is 47.7 Å². The number of benzene rings is 2. The maximum absolute atomic E-state index is 12.7. The molecule has 0 spiro atoms. The Bertz CT molecular complexity index is 1120. The van der Waals surface area contributed by atoms with E-state index in [0.717, 1.165) is 22.3 Å². The molecule has 28 heavy (non-hydrogen) atoms. The number of hydrogen-bond acceptors (Lipinski definition) is 6. The number of carbonyl (C=O) groups is 1. The van der Waals surface area contributed by atoms with Crippen LogP contribution in [0, 0.1) is 13.8 Å². The highest BCUT2D eigenvalue weighted by atomic mass is 32.2. The Labute approximate surface area is 166 Å². The van der Waals surface area contributed by atoms with Gasteiger partial charge in [0.2, 0.25) is 0 Å². The highest BCUT2D eigenvalue weighted by Crippen LogP contribution is 2.25. The normalized spacial score (nSPS) is 11.1. The molecule has 1 N–H and O–H groups in total. The highest BCUT2D eigenvalue weighted by molar-refractivity contribution is 7.99. The molecule has 0 saturated carbocycles. The van der Waals surface area contributed by atoms with Gasteiger partial charge in [-0.05, 0) is 32.0 Å². The Hall–Kier alpha value is -3.06. The number of H-pyrrole nitrogens is 1. The summed E-state index contributed by atoms with van der Waals surface area (Å²) in [4.78, 5) is 16.0. The first-order chi connectivity index (χ1) is 13.6. The molecule has 0 saturated heterocycles. The van der Waals surface area contributed by atoms with Crippen LogP contribution in [-0.4, -0.2) is 26.7 Å². The summed E-state index contributed by atoms with van der Waals surface area (Å²) in [7, 11) is 0. The molecule has 4 aromatic rings. The van der Waals surface area contributed by atoms with Gasteiger partial charge < -0.3 is 14.1 Å². The molecule has 0 atom stereocenters. The number of aromatic amines is 1. The second-order valence-corrected chi connectivity index (χ2v) is 7.37. The third-order valence-corrected chi connectivity index (χ3v) is 5.15. The lowest BCUT2D eigenvalue weighted by Crippen LogP contribution is -2.03. The van der Waals surface area contributed by atoms with Crippen molar-refractivity contribution < 1.29 is 13.9 Å². The van der Waals surface area contributed by atoms with Gasteiger partial charge in [0.05, 0.1) is 5.75 Å². The monoisotopic (exact) mass is 393 g/mol. The number of hydrogen-bond donors (Lipinski definition) is 1. The lowest BCUT2D eigenvalue weighted by Gasteiger charge is -2.02. The second kappa shape index (κ2) is 7.90. The third kappa shape index (κ3) is 3.94. The van der Waals surface area contributed by atoms with E-state index in [1.54, 1.807) is 0 Å². The summed E-state index contributed by atoms with van der Waals surface area (Å²) >= 11 is 1.23. The van der Waals surface area contributed by atoms with E-state index in [2.05, 4.69) is 15.2 Å². The lowest BCUT2D eigenvalue weighted by atomic mass is 10.1. The minimum atomic E-state index is 0.0237. The summed E-state index contributed by atoms with van der Waals surface area (Å²) in [6.07, 6.45) is 0. The van der Waals surface area contributed by atoms with Crippen LogP contribution in [0.1, 0.15) is 27.5 Å². The number of aromatic nitrogens is 3. The zero-order valence-electron chi connectivity index (χ0n) is 15.6. The zero-order chi connectivity index (χ0) is 19.5. The molecule has 0 aliphatic rings. The molecule has 4 rings (SSSR count). The van der Waals surface area contributed by atoms with Crippen molar-refractivity contribution in [2.45, 2.75) is 25.7 Å². The summed E-state index contributed by atoms with van der Waals surface area (Å²) in [6, 6.07) is 15.5. The minimum Gasteiger partial charge on any atom is -0.484 e. The molecule has 0 bridgehead atoms. The average Bonchev–Trinajstić information content (AvgIpc) is 3.29. The maximum atomic E-state index is 12.7. The number of nitrogens with one attached hydrogen (secondary N) is 1. The smallest absolute Gasteiger partial charge is 0.277 e. The van der Waals surface area contributed by atoms with Gasteiger partial charge in [-0.3, -0.25) is 4.79 Å². The number of fused-ring (bicyclic) bond motifs is 1. The predicted molar refractivity (Wildman–Crippen MR) is 108 cm³/mol. The van der Waals surface area contributed by atoms with E-state index in [1.165, 1.54) is 17.3 Å². The Kier molecular flexibility index (Phi) is 5.16. The van der Waals surface area contributed by atoms with E-state index >= 15 is 0 Å². The van der Waals surface area contributed by atoms with Gasteiger partial charge in [-0.15, -0.1) is 10.2 Å². The molecule has 0 fully saturated rings. The van der Waals surface area contributed by atoms with Crippen LogP contribution in [0.25, 0.3) is 10.9 Å². The molecular formula is C21H19N3O3S. The number of nitrogens with zero attached hydrogens (tertiary/aromatic N) is 2. The summed E-state index contributed by atoms with van der Waals surface area (Å²) in [5.74, 6) is 1.36. The highest BCUT2D eigenvalue weighted by Gasteiger charge is 2.17. The average molecular weight is 393 g/mol. The summed E-state index contributed by atoms with van der Waals surface area (Å²) in [5.41, 5.74) is 3.70. The second-order valence-electron chi connectivity index (χ2n) is 6.45. The van der Waals surface area contributed by atoms with Crippen LogP contribution in [0.5, 0.6) is 5.75 Å². The SMILES string of the molecule is Cc1ccc(OCc2nnc(SCC(=O)c3c(C)[nH]c4ccccc34)o2)cc1. The first-order valence-corrected chi connectivity index (χ1v) is 9.84. The number of Topliss-reactive ketones (excluding diaryl/α,β-unsaturated/α-hetero) is 1. The molecule has 6 nitrogen and oxygen atoms in total. The maximum Gasteiger partial charge on any atom is 0.277 e. The van der Waals surface area contributed by atoms with E-state index in [-0.39, 0.29) is 18.1 Å². The quantitative estimate of drug-likeness (QED) is 0.361. The Morgan fingerprint density at radius 2 is 1.89 bits per heavy atom. The van der Waals surface area contributed by atoms with Crippen LogP contribution in [-0.2, 0) is 6.61 Å². The molecule has 2 aromatic carbocycles. The number of para-hydroxylation sites is 1. The minimum absolute atomic E-state index is 0.0237. The number of ketones is 1. The first-order valence-electron chi connectivity index (χ1n) is 8.85. The largest absolute Gasteiger partial charge is 0.484 e. The summed E-state index contributed by atoms with van der Waals surface area (Å²) < 4.78 is 11.2. The molecular weight excluding hydrogens is 374 g/mol. The molecule has 0 aliphatic heterocycles. The van der Waals surface area contributed by atoms with E-state index in [9.17, 15) is 4.79 Å². The van der Waals surface area contributed by atoms with Gasteiger partial charge in [0, 0.05) is 22.2 Å². The molecule has 0 unspecified atom stereocenters. The fraction of sp³-hybridized carbons (Fsp3) is 0.190. The van der Waals surface area contributed by atoms with Gasteiger partial charge >= 0.3 is 0 Å². The van der Waals surface area contributed by atoms with Crippen LogP contribution in [0.2, 0.25) is 0 Å². The molecule has 0 aliphatic carbocycles. The van der Waals surface area contributed by atoms with E-state index in [0.29, 0.717) is 16.7 Å². The Balaban J connectivity index is 1.37. The number of aryl methyl sites for hydroxylation is 2. The van der Waals surface area contributed by atoms with Gasteiger partial charge in [0.15, 0.2) is 12.4 Å². The topological polar surface area (TPSA) is 81.0 Å². The van der Waals surface area contributed by atoms with Crippen molar-refractivity contribution >= 4 is 28.4 Å². The molecule has 0 amide bonds. The first kappa shape index (κ1) is 18.3. The summed E-state index contributed by atoms with van der Waals surface area (Å²) in [5, 5.41) is 9.25. The molecule has 0 radical (unpaired) electrons. The predicted octanol–water partition coefficient (Wildman–Crippen LogP) is 4.72. The van der Waals surface area contributed by atoms with Crippen LogP contribution >= 0.6 is 11.8 Å².